The van der Waals surface area contributed by atoms with Gasteiger partial charge in [0, 0.05) is 6.54 Å². The molecule has 76 valence electrons. The first-order valence-corrected chi connectivity index (χ1v) is 4.50. The first-order chi connectivity index (χ1) is 6.24. The number of aliphatic hydroxyl groups is 1. The first kappa shape index (κ1) is 10.4. The fourth-order valence-electron chi connectivity index (χ4n) is 1.22. The van der Waals surface area contributed by atoms with Crippen LogP contribution >= 0.6 is 0 Å². The molecule has 13 heavy (non-hydrogen) atoms. The standard InChI is InChI=1S/C8H16N2O3/c1-2-9-8(12)3-10-6-4-13-5-7(6)11/h6-7,10-11H,2-5H2,1H3,(H,9,12). The Bertz CT molecular complexity index is 175. The summed E-state index contributed by atoms with van der Waals surface area (Å²) in [6.45, 7) is 3.56. The molecule has 1 aliphatic rings. The van der Waals surface area contributed by atoms with E-state index in [2.05, 4.69) is 10.6 Å². The van der Waals surface area contributed by atoms with Crippen molar-refractivity contribution < 1.29 is 14.6 Å². The van der Waals surface area contributed by atoms with Gasteiger partial charge in [-0.1, -0.05) is 0 Å². The molecule has 1 aliphatic heterocycles. The summed E-state index contributed by atoms with van der Waals surface area (Å²) in [7, 11) is 0. The molecule has 3 N–H and O–H groups in total. The lowest BCUT2D eigenvalue weighted by Gasteiger charge is -2.13. The minimum absolute atomic E-state index is 0.0541. The van der Waals surface area contributed by atoms with Crippen LogP contribution in [-0.4, -0.2) is 49.5 Å². The second kappa shape index (κ2) is 5.16. The molecule has 0 saturated carbocycles. The zero-order valence-electron chi connectivity index (χ0n) is 7.75. The number of likely N-dealkylation sites (N-methyl/N-ethyl adjacent to an activating group) is 1. The first-order valence-electron chi connectivity index (χ1n) is 4.50. The molecule has 0 bridgehead atoms. The Labute approximate surface area is 77.5 Å². The normalized spacial score (nSPS) is 27.5. The largest absolute Gasteiger partial charge is 0.389 e. The fourth-order valence-corrected chi connectivity index (χ4v) is 1.22. The summed E-state index contributed by atoms with van der Waals surface area (Å²) < 4.78 is 5.02. The van der Waals surface area contributed by atoms with Crippen molar-refractivity contribution in [2.45, 2.75) is 19.1 Å². The predicted molar refractivity (Wildman–Crippen MR) is 47.3 cm³/mol. The molecule has 0 aromatic heterocycles. The summed E-state index contributed by atoms with van der Waals surface area (Å²) in [6, 6.07) is -0.109. The number of carbonyl (C=O) groups excluding carboxylic acids is 1. The van der Waals surface area contributed by atoms with Gasteiger partial charge in [0.1, 0.15) is 0 Å². The summed E-state index contributed by atoms with van der Waals surface area (Å²) in [5.41, 5.74) is 0. The molecular weight excluding hydrogens is 172 g/mol. The van der Waals surface area contributed by atoms with Crippen molar-refractivity contribution in [3.05, 3.63) is 0 Å². The molecule has 0 aliphatic carbocycles. The van der Waals surface area contributed by atoms with Crippen LogP contribution in [0.15, 0.2) is 0 Å². The predicted octanol–water partition coefficient (Wildman–Crippen LogP) is -1.53. The molecule has 2 atom stereocenters. The number of hydrogen-bond acceptors (Lipinski definition) is 4. The van der Waals surface area contributed by atoms with Crippen molar-refractivity contribution in [3.63, 3.8) is 0 Å². The third-order valence-electron chi connectivity index (χ3n) is 1.95. The Balaban J connectivity index is 2.14. The van der Waals surface area contributed by atoms with Crippen LogP contribution < -0.4 is 10.6 Å². The van der Waals surface area contributed by atoms with E-state index >= 15 is 0 Å². The molecule has 1 saturated heterocycles. The summed E-state index contributed by atoms with van der Waals surface area (Å²) in [5.74, 6) is -0.0541. The topological polar surface area (TPSA) is 70.6 Å². The number of nitrogens with one attached hydrogen (secondary N) is 2. The molecule has 0 aromatic carbocycles. The van der Waals surface area contributed by atoms with Crippen molar-refractivity contribution >= 4 is 5.91 Å². The van der Waals surface area contributed by atoms with Crippen molar-refractivity contribution in [2.75, 3.05) is 26.3 Å². The van der Waals surface area contributed by atoms with E-state index in [0.29, 0.717) is 19.8 Å². The third-order valence-corrected chi connectivity index (χ3v) is 1.95. The van der Waals surface area contributed by atoms with E-state index in [4.69, 9.17) is 4.74 Å². The van der Waals surface area contributed by atoms with Gasteiger partial charge in [0.25, 0.3) is 0 Å². The van der Waals surface area contributed by atoms with Crippen LogP contribution in [0.2, 0.25) is 0 Å². The maximum atomic E-state index is 11.0. The number of aliphatic hydroxyl groups excluding tert-OH is 1. The average Bonchev–Trinajstić information content (AvgIpc) is 2.48. The summed E-state index contributed by atoms with van der Waals surface area (Å²) in [6.07, 6.45) is -0.491. The number of carbonyl (C=O) groups is 1. The van der Waals surface area contributed by atoms with E-state index in [-0.39, 0.29) is 18.5 Å². The van der Waals surface area contributed by atoms with Crippen molar-refractivity contribution in [3.8, 4) is 0 Å². The van der Waals surface area contributed by atoms with Crippen LogP contribution in [-0.2, 0) is 9.53 Å². The number of hydrogen-bond donors (Lipinski definition) is 3. The van der Waals surface area contributed by atoms with Gasteiger partial charge in [0.2, 0.25) is 5.91 Å². The van der Waals surface area contributed by atoms with Crippen LogP contribution in [0, 0.1) is 0 Å². The van der Waals surface area contributed by atoms with Gasteiger partial charge in [0.05, 0.1) is 31.9 Å². The lowest BCUT2D eigenvalue weighted by atomic mass is 10.2. The lowest BCUT2D eigenvalue weighted by molar-refractivity contribution is -0.120. The molecule has 1 fully saturated rings. The highest BCUT2D eigenvalue weighted by molar-refractivity contribution is 5.77. The van der Waals surface area contributed by atoms with Crippen LogP contribution in [0.25, 0.3) is 0 Å². The third kappa shape index (κ3) is 3.30. The Hall–Kier alpha value is -0.650. The summed E-state index contributed by atoms with van der Waals surface area (Å²) >= 11 is 0. The maximum Gasteiger partial charge on any atom is 0.233 e. The number of amides is 1. The minimum atomic E-state index is -0.491. The van der Waals surface area contributed by atoms with Crippen LogP contribution in [0.5, 0.6) is 0 Å². The van der Waals surface area contributed by atoms with Crippen molar-refractivity contribution in [2.24, 2.45) is 0 Å². The summed E-state index contributed by atoms with van der Waals surface area (Å²) in [5, 5.41) is 14.9. The zero-order valence-corrected chi connectivity index (χ0v) is 7.75. The maximum absolute atomic E-state index is 11.0. The smallest absolute Gasteiger partial charge is 0.233 e. The average molecular weight is 188 g/mol. The van der Waals surface area contributed by atoms with Gasteiger partial charge in [-0.3, -0.25) is 4.79 Å². The number of rotatable bonds is 4. The van der Waals surface area contributed by atoms with E-state index in [1.165, 1.54) is 0 Å². The van der Waals surface area contributed by atoms with Crippen LogP contribution in [0.1, 0.15) is 6.92 Å². The summed E-state index contributed by atoms with van der Waals surface area (Å²) in [4.78, 5) is 11.0. The van der Waals surface area contributed by atoms with E-state index in [0.717, 1.165) is 0 Å². The molecule has 5 nitrogen and oxygen atoms in total. The molecule has 2 unspecified atom stereocenters. The number of ether oxygens (including phenoxy) is 1. The molecule has 1 amide bonds. The SMILES string of the molecule is CCNC(=O)CNC1COCC1O. The van der Waals surface area contributed by atoms with Gasteiger partial charge in [0.15, 0.2) is 0 Å². The lowest BCUT2D eigenvalue weighted by Crippen LogP contribution is -2.44. The van der Waals surface area contributed by atoms with Gasteiger partial charge in [-0.15, -0.1) is 0 Å². The van der Waals surface area contributed by atoms with E-state index < -0.39 is 6.10 Å². The molecule has 0 radical (unpaired) electrons. The van der Waals surface area contributed by atoms with E-state index in [9.17, 15) is 9.90 Å². The molecule has 0 aromatic rings. The van der Waals surface area contributed by atoms with Gasteiger partial charge < -0.3 is 20.5 Å². The molecule has 5 heteroatoms. The van der Waals surface area contributed by atoms with Gasteiger partial charge >= 0.3 is 0 Å². The van der Waals surface area contributed by atoms with Gasteiger partial charge in [-0.05, 0) is 6.92 Å². The Morgan fingerprint density at radius 3 is 2.92 bits per heavy atom. The van der Waals surface area contributed by atoms with E-state index in [1.54, 1.807) is 0 Å². The zero-order chi connectivity index (χ0) is 9.68. The molecule has 1 heterocycles. The molecular formula is C8H16N2O3. The highest BCUT2D eigenvalue weighted by Gasteiger charge is 2.25. The molecule has 0 spiro atoms. The quantitative estimate of drug-likeness (QED) is 0.500. The van der Waals surface area contributed by atoms with Gasteiger partial charge in [-0.2, -0.15) is 0 Å². The Morgan fingerprint density at radius 1 is 1.62 bits per heavy atom. The highest BCUT2D eigenvalue weighted by atomic mass is 16.5. The molecule has 1 rings (SSSR count). The van der Waals surface area contributed by atoms with Gasteiger partial charge in [-0.25, -0.2) is 0 Å². The minimum Gasteiger partial charge on any atom is -0.389 e. The van der Waals surface area contributed by atoms with Crippen molar-refractivity contribution in [1.29, 1.82) is 0 Å². The Morgan fingerprint density at radius 2 is 2.38 bits per heavy atom. The fraction of sp³-hybridized carbons (Fsp3) is 0.875. The van der Waals surface area contributed by atoms with Crippen molar-refractivity contribution in [1.82, 2.24) is 10.6 Å². The van der Waals surface area contributed by atoms with Crippen LogP contribution in [0.3, 0.4) is 0 Å². The monoisotopic (exact) mass is 188 g/mol. The van der Waals surface area contributed by atoms with Crippen LogP contribution in [0.4, 0.5) is 0 Å². The van der Waals surface area contributed by atoms with E-state index in [1.807, 2.05) is 6.92 Å². The Kier molecular flexibility index (Phi) is 4.14. The second-order valence-electron chi connectivity index (χ2n) is 3.05. The second-order valence-corrected chi connectivity index (χ2v) is 3.05. The highest BCUT2D eigenvalue weighted by Crippen LogP contribution is 2.03.